The molecule has 0 unspecified atom stereocenters. The summed E-state index contributed by atoms with van der Waals surface area (Å²) < 4.78 is 6.84. The molecule has 1 heterocycles. The van der Waals surface area contributed by atoms with Crippen molar-refractivity contribution in [3.8, 4) is 5.75 Å². The molecule has 2 amide bonds. The van der Waals surface area contributed by atoms with Crippen molar-refractivity contribution < 1.29 is 14.3 Å². The first kappa shape index (κ1) is 21.1. The molecule has 2 aromatic rings. The second kappa shape index (κ2) is 9.28. The standard InChI is InChI=1S/C18H11BrCl2N2O3S2/c19-10-1-2-14(9(3-10)4-15-17(25)23-18(27)28-15)26-8-16(24)22-13-6-11(20)5-12(21)7-13/h1-7H,8H2,(H,22,24)(H,23,25,27)/b15-4-. The first-order valence-electron chi connectivity index (χ1n) is 7.73. The van der Waals surface area contributed by atoms with Gasteiger partial charge in [0.1, 0.15) is 10.1 Å². The summed E-state index contributed by atoms with van der Waals surface area (Å²) in [4.78, 5) is 24.5. The molecule has 0 aliphatic carbocycles. The molecule has 0 spiro atoms. The molecule has 0 atom stereocenters. The van der Waals surface area contributed by atoms with Gasteiger partial charge in [-0.1, -0.05) is 63.1 Å². The van der Waals surface area contributed by atoms with E-state index in [0.717, 1.165) is 4.47 Å². The number of hydrogen-bond acceptors (Lipinski definition) is 5. The van der Waals surface area contributed by atoms with Crippen molar-refractivity contribution in [1.82, 2.24) is 5.32 Å². The van der Waals surface area contributed by atoms with Crippen molar-refractivity contribution >= 4 is 91.0 Å². The number of ether oxygens (including phenoxy) is 1. The lowest BCUT2D eigenvalue weighted by atomic mass is 10.2. The molecule has 0 aromatic heterocycles. The Hall–Kier alpha value is -1.58. The van der Waals surface area contributed by atoms with E-state index >= 15 is 0 Å². The van der Waals surface area contributed by atoms with Gasteiger partial charge in [-0.15, -0.1) is 0 Å². The quantitative estimate of drug-likeness (QED) is 0.418. The van der Waals surface area contributed by atoms with E-state index in [0.29, 0.717) is 36.3 Å². The highest BCUT2D eigenvalue weighted by Crippen LogP contribution is 2.31. The van der Waals surface area contributed by atoms with Gasteiger partial charge in [0.25, 0.3) is 11.8 Å². The third kappa shape index (κ3) is 5.71. The van der Waals surface area contributed by atoms with E-state index in [9.17, 15) is 9.59 Å². The van der Waals surface area contributed by atoms with Gasteiger partial charge in [0.2, 0.25) is 0 Å². The molecule has 1 aliphatic heterocycles. The number of carbonyl (C=O) groups excluding carboxylic acids is 2. The van der Waals surface area contributed by atoms with Crippen molar-refractivity contribution in [3.63, 3.8) is 0 Å². The number of thiocarbonyl (C=S) groups is 1. The number of anilines is 1. The van der Waals surface area contributed by atoms with Gasteiger partial charge in [-0.05, 0) is 42.5 Å². The van der Waals surface area contributed by atoms with Gasteiger partial charge in [-0.25, -0.2) is 0 Å². The average Bonchev–Trinajstić information content (AvgIpc) is 2.90. The summed E-state index contributed by atoms with van der Waals surface area (Å²) in [5.74, 6) is -0.202. The van der Waals surface area contributed by atoms with Crippen LogP contribution in [0.2, 0.25) is 10.0 Å². The lowest BCUT2D eigenvalue weighted by Gasteiger charge is -2.11. The van der Waals surface area contributed by atoms with Crippen molar-refractivity contribution in [2.24, 2.45) is 0 Å². The Labute approximate surface area is 188 Å². The molecule has 1 saturated heterocycles. The Morgan fingerprint density at radius 3 is 2.61 bits per heavy atom. The van der Waals surface area contributed by atoms with E-state index in [1.165, 1.54) is 11.8 Å². The summed E-state index contributed by atoms with van der Waals surface area (Å²) >= 11 is 21.4. The van der Waals surface area contributed by atoms with Crippen LogP contribution in [-0.2, 0) is 9.59 Å². The maximum Gasteiger partial charge on any atom is 0.263 e. The lowest BCUT2D eigenvalue weighted by molar-refractivity contribution is -0.118. The minimum absolute atomic E-state index is 0.236. The zero-order chi connectivity index (χ0) is 20.3. The Bertz CT molecular complexity index is 994. The summed E-state index contributed by atoms with van der Waals surface area (Å²) in [6.07, 6.45) is 1.66. The highest BCUT2D eigenvalue weighted by molar-refractivity contribution is 9.10. The zero-order valence-electron chi connectivity index (χ0n) is 13.9. The zero-order valence-corrected chi connectivity index (χ0v) is 18.7. The van der Waals surface area contributed by atoms with Crippen molar-refractivity contribution in [2.75, 3.05) is 11.9 Å². The monoisotopic (exact) mass is 516 g/mol. The number of rotatable bonds is 5. The summed E-state index contributed by atoms with van der Waals surface area (Å²) in [6, 6.07) is 10.00. The van der Waals surface area contributed by atoms with Crippen LogP contribution in [0.3, 0.4) is 0 Å². The largest absolute Gasteiger partial charge is 0.483 e. The molecule has 10 heteroatoms. The summed E-state index contributed by atoms with van der Waals surface area (Å²) in [6.45, 7) is -0.236. The van der Waals surface area contributed by atoms with Crippen LogP contribution >= 0.6 is 63.1 Å². The number of thioether (sulfide) groups is 1. The molecule has 144 valence electrons. The van der Waals surface area contributed by atoms with Crippen LogP contribution in [-0.4, -0.2) is 22.7 Å². The fraction of sp³-hybridized carbons (Fsp3) is 0.0556. The number of carbonyl (C=O) groups is 2. The first-order chi connectivity index (χ1) is 13.3. The van der Waals surface area contributed by atoms with Gasteiger partial charge in [-0.2, -0.15) is 0 Å². The molecule has 1 aliphatic rings. The Balaban J connectivity index is 1.72. The van der Waals surface area contributed by atoms with Gasteiger partial charge in [0.15, 0.2) is 6.61 Å². The SMILES string of the molecule is O=C(COc1ccc(Br)cc1/C=C1\SC(=S)NC1=O)Nc1cc(Cl)cc(Cl)c1. The van der Waals surface area contributed by atoms with E-state index in [2.05, 4.69) is 26.6 Å². The maximum absolute atomic E-state index is 12.2. The van der Waals surface area contributed by atoms with Crippen LogP contribution in [0, 0.1) is 0 Å². The van der Waals surface area contributed by atoms with Crippen LogP contribution in [0.4, 0.5) is 5.69 Å². The van der Waals surface area contributed by atoms with Crippen molar-refractivity contribution in [1.29, 1.82) is 0 Å². The van der Waals surface area contributed by atoms with Gasteiger partial charge < -0.3 is 15.4 Å². The third-order valence-electron chi connectivity index (χ3n) is 3.41. The van der Waals surface area contributed by atoms with Crippen LogP contribution in [0.5, 0.6) is 5.75 Å². The Kier molecular flexibility index (Phi) is 7.00. The predicted octanol–water partition coefficient (Wildman–Crippen LogP) is 5.26. The number of benzene rings is 2. The molecule has 1 fully saturated rings. The number of hydrogen-bond donors (Lipinski definition) is 2. The molecule has 0 bridgehead atoms. The first-order valence-corrected chi connectivity index (χ1v) is 10.5. The molecule has 5 nitrogen and oxygen atoms in total. The fourth-order valence-electron chi connectivity index (χ4n) is 2.29. The smallest absolute Gasteiger partial charge is 0.263 e. The van der Waals surface area contributed by atoms with Crippen molar-refractivity contribution in [3.05, 3.63) is 61.4 Å². The molecule has 0 saturated carbocycles. The topological polar surface area (TPSA) is 67.4 Å². The van der Waals surface area contributed by atoms with Crippen LogP contribution in [0.1, 0.15) is 5.56 Å². The number of nitrogens with one attached hydrogen (secondary N) is 2. The normalized spacial score (nSPS) is 14.9. The summed E-state index contributed by atoms with van der Waals surface area (Å²) in [7, 11) is 0. The molecule has 3 rings (SSSR count). The minimum Gasteiger partial charge on any atom is -0.483 e. The molecule has 28 heavy (non-hydrogen) atoms. The van der Waals surface area contributed by atoms with Crippen LogP contribution in [0.25, 0.3) is 6.08 Å². The van der Waals surface area contributed by atoms with E-state index < -0.39 is 0 Å². The van der Waals surface area contributed by atoms with Gasteiger partial charge in [0, 0.05) is 25.8 Å². The van der Waals surface area contributed by atoms with Gasteiger partial charge in [0.05, 0.1) is 4.91 Å². The molecule has 2 aromatic carbocycles. The highest BCUT2D eigenvalue weighted by atomic mass is 79.9. The number of amides is 2. The van der Waals surface area contributed by atoms with Crippen molar-refractivity contribution in [2.45, 2.75) is 0 Å². The second-order valence-electron chi connectivity index (χ2n) is 5.53. The van der Waals surface area contributed by atoms with Gasteiger partial charge in [-0.3, -0.25) is 9.59 Å². The minimum atomic E-state index is -0.381. The van der Waals surface area contributed by atoms with E-state index in [-0.39, 0.29) is 18.4 Å². The van der Waals surface area contributed by atoms with Crippen LogP contribution in [0.15, 0.2) is 45.8 Å². The Morgan fingerprint density at radius 2 is 1.96 bits per heavy atom. The summed E-state index contributed by atoms with van der Waals surface area (Å²) in [5.41, 5.74) is 1.10. The summed E-state index contributed by atoms with van der Waals surface area (Å²) in [5, 5.41) is 6.05. The molecular weight excluding hydrogens is 507 g/mol. The second-order valence-corrected chi connectivity index (χ2v) is 9.04. The fourth-order valence-corrected chi connectivity index (χ4v) is 4.23. The third-order valence-corrected chi connectivity index (χ3v) is 5.50. The molecular formula is C18H11BrCl2N2O3S2. The number of halogens is 3. The highest BCUT2D eigenvalue weighted by Gasteiger charge is 2.22. The van der Waals surface area contributed by atoms with E-state index in [1.54, 1.807) is 42.5 Å². The predicted molar refractivity (Wildman–Crippen MR) is 121 cm³/mol. The van der Waals surface area contributed by atoms with E-state index in [4.69, 9.17) is 40.2 Å². The van der Waals surface area contributed by atoms with Crippen LogP contribution < -0.4 is 15.4 Å². The lowest BCUT2D eigenvalue weighted by Crippen LogP contribution is -2.20. The maximum atomic E-state index is 12.2. The molecule has 2 N–H and O–H groups in total. The Morgan fingerprint density at radius 1 is 1.25 bits per heavy atom. The van der Waals surface area contributed by atoms with E-state index in [1.807, 2.05) is 0 Å². The van der Waals surface area contributed by atoms with Gasteiger partial charge >= 0.3 is 0 Å². The molecule has 0 radical (unpaired) electrons. The average molecular weight is 518 g/mol.